The Kier molecular flexibility index (Phi) is 2.72. The number of ketones is 1. The van der Waals surface area contributed by atoms with E-state index in [1.165, 1.54) is 6.92 Å². The quantitative estimate of drug-likeness (QED) is 0.746. The fraction of sp³-hybridized carbons (Fsp3) is 0.333. The molecule has 0 aliphatic heterocycles. The summed E-state index contributed by atoms with van der Waals surface area (Å²) in [6, 6.07) is 3.32. The van der Waals surface area contributed by atoms with Crippen LogP contribution >= 0.6 is 11.6 Å². The number of oxazole rings is 1. The minimum absolute atomic E-state index is 0.0297. The van der Waals surface area contributed by atoms with Crippen LogP contribution in [0.4, 0.5) is 0 Å². The fourth-order valence-electron chi connectivity index (χ4n) is 1.46. The summed E-state index contributed by atoms with van der Waals surface area (Å²) < 4.78 is 5.54. The second-order valence-corrected chi connectivity index (χ2v) is 4.48. The van der Waals surface area contributed by atoms with Crippen molar-refractivity contribution in [3.63, 3.8) is 0 Å². The third-order valence-electron chi connectivity index (χ3n) is 2.36. The molecule has 2 aromatic rings. The van der Waals surface area contributed by atoms with Crippen LogP contribution < -0.4 is 0 Å². The van der Waals surface area contributed by atoms with Crippen LogP contribution in [0.25, 0.3) is 11.1 Å². The molecule has 0 atom stereocenters. The summed E-state index contributed by atoms with van der Waals surface area (Å²) in [7, 11) is 0. The highest BCUT2D eigenvalue weighted by Crippen LogP contribution is 2.28. The van der Waals surface area contributed by atoms with Gasteiger partial charge >= 0.3 is 0 Å². The molecule has 4 heteroatoms. The molecule has 0 fully saturated rings. The van der Waals surface area contributed by atoms with Gasteiger partial charge in [-0.3, -0.25) is 4.79 Å². The van der Waals surface area contributed by atoms with E-state index in [0.717, 1.165) is 0 Å². The first-order valence-electron chi connectivity index (χ1n) is 5.10. The Morgan fingerprint density at radius 3 is 2.69 bits per heavy atom. The van der Waals surface area contributed by atoms with E-state index < -0.39 is 0 Å². The molecule has 1 heterocycles. The van der Waals surface area contributed by atoms with Crippen molar-refractivity contribution < 1.29 is 9.21 Å². The minimum atomic E-state index is -0.0297. The van der Waals surface area contributed by atoms with Gasteiger partial charge in [-0.1, -0.05) is 25.4 Å². The molecule has 84 valence electrons. The average Bonchev–Trinajstić information content (AvgIpc) is 2.61. The number of nitrogens with zero attached hydrogens (tertiary/aromatic N) is 1. The van der Waals surface area contributed by atoms with Gasteiger partial charge in [-0.15, -0.1) is 0 Å². The van der Waals surface area contributed by atoms with Gasteiger partial charge in [-0.25, -0.2) is 4.98 Å². The van der Waals surface area contributed by atoms with E-state index in [1.807, 2.05) is 13.8 Å². The Balaban J connectivity index is 2.68. The van der Waals surface area contributed by atoms with Gasteiger partial charge < -0.3 is 4.42 Å². The highest BCUT2D eigenvalue weighted by Gasteiger charge is 2.14. The molecule has 0 aliphatic rings. The molecule has 16 heavy (non-hydrogen) atoms. The summed E-state index contributed by atoms with van der Waals surface area (Å²) in [5, 5.41) is 0.433. The van der Waals surface area contributed by atoms with Crippen LogP contribution in [0, 0.1) is 0 Å². The predicted molar refractivity (Wildman–Crippen MR) is 63.1 cm³/mol. The lowest BCUT2D eigenvalue weighted by atomic mass is 10.1. The van der Waals surface area contributed by atoms with Gasteiger partial charge in [0.2, 0.25) is 0 Å². The van der Waals surface area contributed by atoms with Gasteiger partial charge in [0.1, 0.15) is 5.52 Å². The van der Waals surface area contributed by atoms with Crippen LogP contribution in [-0.4, -0.2) is 10.8 Å². The summed E-state index contributed by atoms with van der Waals surface area (Å²) in [4.78, 5) is 15.6. The number of aromatic nitrogens is 1. The Bertz CT molecular complexity index is 557. The molecule has 0 amide bonds. The lowest BCUT2D eigenvalue weighted by Crippen LogP contribution is -1.91. The van der Waals surface area contributed by atoms with Gasteiger partial charge in [0, 0.05) is 11.5 Å². The van der Waals surface area contributed by atoms with E-state index in [-0.39, 0.29) is 11.7 Å². The van der Waals surface area contributed by atoms with Crippen molar-refractivity contribution in [1.82, 2.24) is 4.98 Å². The van der Waals surface area contributed by atoms with Crippen molar-refractivity contribution in [2.75, 3.05) is 0 Å². The maximum Gasteiger partial charge on any atom is 0.198 e. The van der Waals surface area contributed by atoms with E-state index in [4.69, 9.17) is 16.0 Å². The lowest BCUT2D eigenvalue weighted by molar-refractivity contribution is 0.101. The van der Waals surface area contributed by atoms with Crippen LogP contribution in [0.1, 0.15) is 42.9 Å². The van der Waals surface area contributed by atoms with Gasteiger partial charge in [0.05, 0.1) is 5.02 Å². The standard InChI is InChI=1S/C12H12ClNO2/c1-6(2)12-14-10-5-8(7(3)15)4-9(13)11(10)16-12/h4-6H,1-3H3. The van der Waals surface area contributed by atoms with Crippen molar-refractivity contribution in [3.8, 4) is 0 Å². The average molecular weight is 238 g/mol. The summed E-state index contributed by atoms with van der Waals surface area (Å²) in [5.41, 5.74) is 1.75. The molecule has 1 aromatic heterocycles. The predicted octanol–water partition coefficient (Wildman–Crippen LogP) is 3.81. The zero-order chi connectivity index (χ0) is 11.9. The van der Waals surface area contributed by atoms with Crippen LogP contribution in [0.15, 0.2) is 16.5 Å². The molecule has 0 N–H and O–H groups in total. The first-order chi connectivity index (χ1) is 7.49. The van der Waals surface area contributed by atoms with E-state index in [1.54, 1.807) is 12.1 Å². The zero-order valence-corrected chi connectivity index (χ0v) is 10.1. The second-order valence-electron chi connectivity index (χ2n) is 4.07. The third kappa shape index (κ3) is 1.83. The molecule has 2 rings (SSSR count). The molecule has 0 radical (unpaired) electrons. The van der Waals surface area contributed by atoms with E-state index >= 15 is 0 Å². The van der Waals surface area contributed by atoms with Crippen LogP contribution in [-0.2, 0) is 0 Å². The number of rotatable bonds is 2. The van der Waals surface area contributed by atoms with Crippen LogP contribution in [0.5, 0.6) is 0 Å². The Hall–Kier alpha value is -1.35. The van der Waals surface area contributed by atoms with Gasteiger partial charge in [0.15, 0.2) is 17.3 Å². The monoisotopic (exact) mass is 237 g/mol. The molecule has 3 nitrogen and oxygen atoms in total. The maximum absolute atomic E-state index is 11.3. The summed E-state index contributed by atoms with van der Waals surface area (Å²) in [5.74, 6) is 0.805. The van der Waals surface area contributed by atoms with E-state index in [2.05, 4.69) is 4.98 Å². The fourth-order valence-corrected chi connectivity index (χ4v) is 1.71. The molecule has 0 saturated carbocycles. The highest BCUT2D eigenvalue weighted by atomic mass is 35.5. The second kappa shape index (κ2) is 3.91. The van der Waals surface area contributed by atoms with Gasteiger partial charge in [-0.05, 0) is 19.1 Å². The van der Waals surface area contributed by atoms with E-state index in [0.29, 0.717) is 27.6 Å². The first-order valence-corrected chi connectivity index (χ1v) is 5.47. The SMILES string of the molecule is CC(=O)c1cc(Cl)c2oc(C(C)C)nc2c1. The number of benzene rings is 1. The number of carbonyl (C=O) groups is 1. The topological polar surface area (TPSA) is 43.1 Å². The number of hydrogen-bond donors (Lipinski definition) is 0. The van der Waals surface area contributed by atoms with Gasteiger partial charge in [-0.2, -0.15) is 0 Å². The molecule has 0 bridgehead atoms. The Morgan fingerprint density at radius 2 is 2.12 bits per heavy atom. The van der Waals surface area contributed by atoms with Crippen molar-refractivity contribution in [1.29, 1.82) is 0 Å². The van der Waals surface area contributed by atoms with Crippen molar-refractivity contribution in [3.05, 3.63) is 28.6 Å². The molecular formula is C12H12ClNO2. The number of carbonyl (C=O) groups excluding carboxylic acids is 1. The Morgan fingerprint density at radius 1 is 1.44 bits per heavy atom. The largest absolute Gasteiger partial charge is 0.439 e. The van der Waals surface area contributed by atoms with Gasteiger partial charge in [0.25, 0.3) is 0 Å². The van der Waals surface area contributed by atoms with Crippen LogP contribution in [0.2, 0.25) is 5.02 Å². The number of hydrogen-bond acceptors (Lipinski definition) is 3. The Labute approximate surface area is 98.4 Å². The third-order valence-corrected chi connectivity index (χ3v) is 2.64. The van der Waals surface area contributed by atoms with Crippen LogP contribution in [0.3, 0.4) is 0 Å². The van der Waals surface area contributed by atoms with Crippen molar-refractivity contribution >= 4 is 28.5 Å². The molecule has 0 unspecified atom stereocenters. The summed E-state index contributed by atoms with van der Waals surface area (Å²) in [6.07, 6.45) is 0. The highest BCUT2D eigenvalue weighted by molar-refractivity contribution is 6.35. The molecule has 0 spiro atoms. The molecule has 0 saturated heterocycles. The number of fused-ring (bicyclic) bond motifs is 1. The summed E-state index contributed by atoms with van der Waals surface area (Å²) in [6.45, 7) is 5.48. The summed E-state index contributed by atoms with van der Waals surface area (Å²) >= 11 is 6.04. The number of Topliss-reactive ketones (excluding diaryl/α,β-unsaturated/α-hetero) is 1. The number of halogens is 1. The van der Waals surface area contributed by atoms with E-state index in [9.17, 15) is 4.79 Å². The maximum atomic E-state index is 11.3. The molecule has 1 aromatic carbocycles. The molecular weight excluding hydrogens is 226 g/mol. The normalized spacial score (nSPS) is 11.3. The van der Waals surface area contributed by atoms with Crippen molar-refractivity contribution in [2.24, 2.45) is 0 Å². The first kappa shape index (κ1) is 11.1. The molecule has 0 aliphatic carbocycles. The minimum Gasteiger partial charge on any atom is -0.439 e. The smallest absolute Gasteiger partial charge is 0.198 e. The lowest BCUT2D eigenvalue weighted by Gasteiger charge is -1.96. The zero-order valence-electron chi connectivity index (χ0n) is 9.37. The van der Waals surface area contributed by atoms with Crippen molar-refractivity contribution in [2.45, 2.75) is 26.7 Å².